The van der Waals surface area contributed by atoms with Crippen LogP contribution in [0.1, 0.15) is 33.6 Å². The van der Waals surface area contributed by atoms with Gasteiger partial charge in [0, 0.05) is 18.6 Å². The van der Waals surface area contributed by atoms with Gasteiger partial charge in [0.05, 0.1) is 6.42 Å². The van der Waals surface area contributed by atoms with Gasteiger partial charge in [-0.15, -0.1) is 0 Å². The van der Waals surface area contributed by atoms with Gasteiger partial charge >= 0.3 is 12.0 Å². The molecule has 1 rings (SSSR count). The van der Waals surface area contributed by atoms with Crippen LogP contribution in [0.15, 0.2) is 11.6 Å². The van der Waals surface area contributed by atoms with Crippen LogP contribution < -0.4 is 5.32 Å². The molecule has 0 unspecified atom stereocenters. The quantitative estimate of drug-likeness (QED) is 0.736. The molecule has 1 heterocycles. The van der Waals surface area contributed by atoms with Crippen molar-refractivity contribution in [3.63, 3.8) is 0 Å². The van der Waals surface area contributed by atoms with Gasteiger partial charge in [0.2, 0.25) is 0 Å². The van der Waals surface area contributed by atoms with Gasteiger partial charge in [-0.25, -0.2) is 4.79 Å². The Morgan fingerprint density at radius 3 is 2.65 bits per heavy atom. The lowest BCUT2D eigenvalue weighted by atomic mass is 10.0. The molecule has 0 atom stereocenters. The van der Waals surface area contributed by atoms with Crippen molar-refractivity contribution in [1.82, 2.24) is 10.2 Å². The van der Waals surface area contributed by atoms with Crippen molar-refractivity contribution in [2.45, 2.75) is 39.2 Å². The highest BCUT2D eigenvalue weighted by molar-refractivity contribution is 5.77. The lowest BCUT2D eigenvalue weighted by Gasteiger charge is -2.31. The molecule has 0 spiro atoms. The van der Waals surface area contributed by atoms with E-state index in [9.17, 15) is 9.59 Å². The Labute approximate surface area is 101 Å². The Hall–Kier alpha value is -1.52. The average molecular weight is 240 g/mol. The molecule has 2 amide bonds. The number of amides is 2. The van der Waals surface area contributed by atoms with Crippen LogP contribution in [0.3, 0.4) is 0 Å². The molecule has 0 aromatic heterocycles. The summed E-state index contributed by atoms with van der Waals surface area (Å²) < 4.78 is 0. The predicted molar refractivity (Wildman–Crippen MR) is 64.8 cm³/mol. The summed E-state index contributed by atoms with van der Waals surface area (Å²) in [6.07, 6.45) is 2.82. The highest BCUT2D eigenvalue weighted by atomic mass is 16.4. The SMILES string of the molecule is CC1=CCN(C(=O)NC(C)(C)CC(=O)O)CC1. The van der Waals surface area contributed by atoms with Crippen molar-refractivity contribution in [3.05, 3.63) is 11.6 Å². The predicted octanol–water partition coefficient (Wildman–Crippen LogP) is 1.60. The van der Waals surface area contributed by atoms with Crippen LogP contribution in [0, 0.1) is 0 Å². The number of carboxylic acids is 1. The molecule has 0 aliphatic carbocycles. The van der Waals surface area contributed by atoms with Gasteiger partial charge in [-0.3, -0.25) is 4.79 Å². The first kappa shape index (κ1) is 13.5. The number of hydrogen-bond acceptors (Lipinski definition) is 2. The summed E-state index contributed by atoms with van der Waals surface area (Å²) in [5, 5.41) is 11.5. The molecule has 17 heavy (non-hydrogen) atoms. The maximum Gasteiger partial charge on any atom is 0.318 e. The summed E-state index contributed by atoms with van der Waals surface area (Å²) in [6.45, 7) is 6.76. The van der Waals surface area contributed by atoms with E-state index in [1.54, 1.807) is 18.7 Å². The number of hydrogen-bond donors (Lipinski definition) is 2. The van der Waals surface area contributed by atoms with Crippen molar-refractivity contribution in [2.24, 2.45) is 0 Å². The third-order valence-corrected chi connectivity index (χ3v) is 2.76. The fraction of sp³-hybridized carbons (Fsp3) is 0.667. The fourth-order valence-corrected chi connectivity index (χ4v) is 1.75. The van der Waals surface area contributed by atoms with E-state index in [4.69, 9.17) is 5.11 Å². The monoisotopic (exact) mass is 240 g/mol. The third-order valence-electron chi connectivity index (χ3n) is 2.76. The minimum atomic E-state index is -0.912. The topological polar surface area (TPSA) is 69.6 Å². The summed E-state index contributed by atoms with van der Waals surface area (Å²) in [4.78, 5) is 24.2. The number of nitrogens with one attached hydrogen (secondary N) is 1. The number of rotatable bonds is 3. The smallest absolute Gasteiger partial charge is 0.318 e. The van der Waals surface area contributed by atoms with Gasteiger partial charge in [0.25, 0.3) is 0 Å². The molecular formula is C12H20N2O3. The minimum Gasteiger partial charge on any atom is -0.481 e. The summed E-state index contributed by atoms with van der Waals surface area (Å²) >= 11 is 0. The summed E-state index contributed by atoms with van der Waals surface area (Å²) in [5.74, 6) is -0.912. The normalized spacial score (nSPS) is 16.4. The molecule has 2 N–H and O–H groups in total. The van der Waals surface area contributed by atoms with E-state index in [0.717, 1.165) is 6.42 Å². The second kappa shape index (κ2) is 5.21. The van der Waals surface area contributed by atoms with Crippen LogP contribution in [-0.4, -0.2) is 40.6 Å². The molecule has 0 aromatic carbocycles. The lowest BCUT2D eigenvalue weighted by Crippen LogP contribution is -2.51. The molecule has 0 saturated heterocycles. The third kappa shape index (κ3) is 4.46. The standard InChI is InChI=1S/C12H20N2O3/c1-9-4-6-14(7-5-9)11(17)13-12(2,3)8-10(15)16/h4H,5-8H2,1-3H3,(H,13,17)(H,15,16). The number of nitrogens with zero attached hydrogens (tertiary/aromatic N) is 1. The molecule has 0 saturated carbocycles. The number of aliphatic carboxylic acids is 1. The van der Waals surface area contributed by atoms with Crippen LogP contribution in [-0.2, 0) is 4.79 Å². The molecule has 5 heteroatoms. The maximum absolute atomic E-state index is 11.9. The van der Waals surface area contributed by atoms with Crippen LogP contribution >= 0.6 is 0 Å². The van der Waals surface area contributed by atoms with Gasteiger partial charge < -0.3 is 15.3 Å². The van der Waals surface area contributed by atoms with Crippen molar-refractivity contribution < 1.29 is 14.7 Å². The Bertz CT molecular complexity index is 348. The number of urea groups is 1. The van der Waals surface area contributed by atoms with E-state index < -0.39 is 11.5 Å². The van der Waals surface area contributed by atoms with Crippen LogP contribution in [0.2, 0.25) is 0 Å². The van der Waals surface area contributed by atoms with E-state index in [2.05, 4.69) is 5.32 Å². The molecule has 0 radical (unpaired) electrons. The summed E-state index contributed by atoms with van der Waals surface area (Å²) in [5.41, 5.74) is 0.568. The fourth-order valence-electron chi connectivity index (χ4n) is 1.75. The second-order valence-electron chi connectivity index (χ2n) is 5.13. The molecule has 5 nitrogen and oxygen atoms in total. The summed E-state index contributed by atoms with van der Waals surface area (Å²) in [7, 11) is 0. The van der Waals surface area contributed by atoms with Crippen LogP contribution in [0.5, 0.6) is 0 Å². The zero-order valence-corrected chi connectivity index (χ0v) is 10.6. The molecule has 1 aliphatic rings. The van der Waals surface area contributed by atoms with Crippen molar-refractivity contribution in [1.29, 1.82) is 0 Å². The number of carboxylic acid groups (broad SMARTS) is 1. The van der Waals surface area contributed by atoms with Gasteiger partial charge in [-0.1, -0.05) is 11.6 Å². The van der Waals surface area contributed by atoms with Gasteiger partial charge in [0.15, 0.2) is 0 Å². The van der Waals surface area contributed by atoms with E-state index in [1.165, 1.54) is 5.57 Å². The van der Waals surface area contributed by atoms with Crippen molar-refractivity contribution in [2.75, 3.05) is 13.1 Å². The lowest BCUT2D eigenvalue weighted by molar-refractivity contribution is -0.138. The zero-order valence-electron chi connectivity index (χ0n) is 10.6. The molecule has 0 aromatic rings. The highest BCUT2D eigenvalue weighted by Gasteiger charge is 2.26. The summed E-state index contributed by atoms with van der Waals surface area (Å²) in [6, 6.07) is -0.194. The first-order chi connectivity index (χ1) is 7.80. The minimum absolute atomic E-state index is 0.0819. The van der Waals surface area contributed by atoms with Crippen LogP contribution in [0.25, 0.3) is 0 Å². The Balaban J connectivity index is 2.52. The molecular weight excluding hydrogens is 220 g/mol. The Morgan fingerprint density at radius 2 is 2.18 bits per heavy atom. The van der Waals surface area contributed by atoms with E-state index in [0.29, 0.717) is 13.1 Å². The first-order valence-electron chi connectivity index (χ1n) is 5.75. The molecule has 1 aliphatic heterocycles. The number of carbonyl (C=O) groups excluding carboxylic acids is 1. The van der Waals surface area contributed by atoms with E-state index in [-0.39, 0.29) is 12.5 Å². The van der Waals surface area contributed by atoms with Gasteiger partial charge in [0.1, 0.15) is 0 Å². The molecule has 0 bridgehead atoms. The largest absolute Gasteiger partial charge is 0.481 e. The average Bonchev–Trinajstić information content (AvgIpc) is 2.15. The van der Waals surface area contributed by atoms with E-state index in [1.807, 2.05) is 13.0 Å². The first-order valence-corrected chi connectivity index (χ1v) is 5.75. The van der Waals surface area contributed by atoms with Crippen LogP contribution in [0.4, 0.5) is 4.79 Å². The van der Waals surface area contributed by atoms with Crippen molar-refractivity contribution >= 4 is 12.0 Å². The van der Waals surface area contributed by atoms with Gasteiger partial charge in [-0.2, -0.15) is 0 Å². The second-order valence-corrected chi connectivity index (χ2v) is 5.13. The molecule has 0 fully saturated rings. The van der Waals surface area contributed by atoms with E-state index >= 15 is 0 Å². The zero-order chi connectivity index (χ0) is 13.1. The Kier molecular flexibility index (Phi) is 4.15. The Morgan fingerprint density at radius 1 is 1.53 bits per heavy atom. The van der Waals surface area contributed by atoms with Gasteiger partial charge in [-0.05, 0) is 27.2 Å². The van der Waals surface area contributed by atoms with Crippen molar-refractivity contribution in [3.8, 4) is 0 Å². The highest BCUT2D eigenvalue weighted by Crippen LogP contribution is 2.12. The molecule has 96 valence electrons. The number of carbonyl (C=O) groups is 2. The maximum atomic E-state index is 11.9.